The predicted octanol–water partition coefficient (Wildman–Crippen LogP) is 4.72. The van der Waals surface area contributed by atoms with Gasteiger partial charge in [-0.25, -0.2) is 0 Å². The van der Waals surface area contributed by atoms with Gasteiger partial charge in [0.05, 0.1) is 15.6 Å². The van der Waals surface area contributed by atoms with Crippen LogP contribution in [0.3, 0.4) is 0 Å². The molecule has 0 aliphatic rings. The normalized spacial score (nSPS) is 11.0. The molecule has 0 radical (unpaired) electrons. The van der Waals surface area contributed by atoms with Crippen molar-refractivity contribution in [2.24, 2.45) is 10.2 Å². The van der Waals surface area contributed by atoms with Crippen LogP contribution in [-0.2, 0) is 4.79 Å². The van der Waals surface area contributed by atoms with Crippen LogP contribution in [0.5, 0.6) is 0 Å². The SMILES string of the molecule is O=C(O)CCCN(CCCO)c1ccc(/N=N/c2ccc([N+](=O)[O-])cc2Cl)cc1. The van der Waals surface area contributed by atoms with Crippen LogP contribution in [0.4, 0.5) is 22.7 Å². The first kappa shape index (κ1) is 22.3. The molecule has 9 nitrogen and oxygen atoms in total. The zero-order chi connectivity index (χ0) is 21.2. The van der Waals surface area contributed by atoms with Gasteiger partial charge < -0.3 is 15.1 Å². The van der Waals surface area contributed by atoms with E-state index in [-0.39, 0.29) is 23.7 Å². The van der Waals surface area contributed by atoms with Crippen molar-refractivity contribution >= 4 is 40.3 Å². The zero-order valence-corrected chi connectivity index (χ0v) is 16.3. The molecular weight excluding hydrogens is 400 g/mol. The number of aliphatic carboxylic acids is 1. The topological polar surface area (TPSA) is 129 Å². The fourth-order valence-electron chi connectivity index (χ4n) is 2.58. The molecule has 0 aromatic heterocycles. The molecule has 2 aromatic rings. The predicted molar refractivity (Wildman–Crippen MR) is 110 cm³/mol. The third kappa shape index (κ3) is 7.13. The number of nitro benzene ring substituents is 1. The number of rotatable bonds is 11. The molecule has 10 heteroatoms. The van der Waals surface area contributed by atoms with Crippen LogP contribution in [0.15, 0.2) is 52.7 Å². The number of halogens is 1. The van der Waals surface area contributed by atoms with E-state index < -0.39 is 10.9 Å². The molecule has 0 atom stereocenters. The van der Waals surface area contributed by atoms with Crippen molar-refractivity contribution < 1.29 is 19.9 Å². The number of nitro groups is 1. The maximum absolute atomic E-state index is 10.7. The molecule has 0 heterocycles. The Morgan fingerprint density at radius 2 is 1.79 bits per heavy atom. The zero-order valence-electron chi connectivity index (χ0n) is 15.6. The summed E-state index contributed by atoms with van der Waals surface area (Å²) in [5.41, 5.74) is 1.65. The van der Waals surface area contributed by atoms with Crippen LogP contribution in [0.2, 0.25) is 5.02 Å². The quantitative estimate of drug-likeness (QED) is 0.307. The van der Waals surface area contributed by atoms with Gasteiger partial charge in [0, 0.05) is 43.9 Å². The maximum Gasteiger partial charge on any atom is 0.303 e. The van der Waals surface area contributed by atoms with Crippen molar-refractivity contribution in [3.63, 3.8) is 0 Å². The van der Waals surface area contributed by atoms with Crippen LogP contribution < -0.4 is 4.90 Å². The number of aliphatic hydroxyl groups is 1. The summed E-state index contributed by atoms with van der Waals surface area (Å²) in [6, 6.07) is 11.1. The number of hydrogen-bond acceptors (Lipinski definition) is 7. The van der Waals surface area contributed by atoms with E-state index in [9.17, 15) is 14.9 Å². The maximum atomic E-state index is 10.7. The van der Waals surface area contributed by atoms with E-state index in [0.717, 1.165) is 5.69 Å². The summed E-state index contributed by atoms with van der Waals surface area (Å²) in [5.74, 6) is -0.840. The van der Waals surface area contributed by atoms with Gasteiger partial charge in [-0.05, 0) is 43.2 Å². The molecule has 2 aromatic carbocycles. The number of nitrogens with zero attached hydrogens (tertiary/aromatic N) is 4. The van der Waals surface area contributed by atoms with Gasteiger partial charge >= 0.3 is 5.97 Å². The largest absolute Gasteiger partial charge is 0.481 e. The molecule has 0 saturated heterocycles. The average molecular weight is 421 g/mol. The molecule has 0 spiro atoms. The molecule has 154 valence electrons. The standard InChI is InChI=1S/C19H21ClN4O5/c20-17-13-16(24(28)29)8-9-18(17)22-21-14-4-6-15(7-5-14)23(11-2-12-25)10-1-3-19(26)27/h4-9,13,25H,1-3,10-12H2,(H,26,27)/b22-21+. The van der Waals surface area contributed by atoms with Crippen LogP contribution in [0.1, 0.15) is 19.3 Å². The Morgan fingerprint density at radius 3 is 2.38 bits per heavy atom. The van der Waals surface area contributed by atoms with Crippen LogP contribution in [-0.4, -0.2) is 40.8 Å². The van der Waals surface area contributed by atoms with Crippen molar-refractivity contribution in [1.29, 1.82) is 0 Å². The summed E-state index contributed by atoms with van der Waals surface area (Å²) in [6.07, 6.45) is 1.16. The van der Waals surface area contributed by atoms with Crippen molar-refractivity contribution in [2.75, 3.05) is 24.6 Å². The van der Waals surface area contributed by atoms with E-state index in [1.165, 1.54) is 18.2 Å². The number of carboxylic acids is 1. The van der Waals surface area contributed by atoms with Gasteiger partial charge in [0.25, 0.3) is 5.69 Å². The van der Waals surface area contributed by atoms with E-state index in [1.54, 1.807) is 12.1 Å². The lowest BCUT2D eigenvalue weighted by Crippen LogP contribution is -2.26. The van der Waals surface area contributed by atoms with Gasteiger partial charge in [0.15, 0.2) is 0 Å². The lowest BCUT2D eigenvalue weighted by Gasteiger charge is -2.24. The highest BCUT2D eigenvalue weighted by Crippen LogP contribution is 2.30. The molecule has 2 N–H and O–H groups in total. The van der Waals surface area contributed by atoms with E-state index in [0.29, 0.717) is 37.3 Å². The Kier molecular flexibility index (Phi) is 8.50. The number of anilines is 1. The van der Waals surface area contributed by atoms with Gasteiger partial charge in [0.2, 0.25) is 0 Å². The number of azo groups is 1. The molecule has 0 saturated carbocycles. The Morgan fingerprint density at radius 1 is 1.10 bits per heavy atom. The molecule has 0 bridgehead atoms. The Labute approximate surface area is 172 Å². The summed E-state index contributed by atoms with van der Waals surface area (Å²) >= 11 is 6.00. The Hall–Kier alpha value is -3.04. The second-order valence-electron chi connectivity index (χ2n) is 6.17. The van der Waals surface area contributed by atoms with E-state index in [2.05, 4.69) is 10.2 Å². The van der Waals surface area contributed by atoms with Crippen LogP contribution in [0, 0.1) is 10.1 Å². The highest BCUT2D eigenvalue weighted by atomic mass is 35.5. The number of aliphatic hydroxyl groups excluding tert-OH is 1. The summed E-state index contributed by atoms with van der Waals surface area (Å²) in [5, 5.41) is 36.9. The number of hydrogen-bond donors (Lipinski definition) is 2. The average Bonchev–Trinajstić information content (AvgIpc) is 2.69. The van der Waals surface area contributed by atoms with Gasteiger partial charge in [-0.2, -0.15) is 5.11 Å². The Bertz CT molecular complexity index is 873. The molecule has 0 unspecified atom stereocenters. The van der Waals surface area contributed by atoms with Gasteiger partial charge in [-0.1, -0.05) is 11.6 Å². The molecule has 29 heavy (non-hydrogen) atoms. The minimum Gasteiger partial charge on any atom is -0.481 e. The van der Waals surface area contributed by atoms with Crippen molar-refractivity contribution in [1.82, 2.24) is 0 Å². The lowest BCUT2D eigenvalue weighted by molar-refractivity contribution is -0.384. The number of non-ortho nitro benzene ring substituents is 1. The van der Waals surface area contributed by atoms with Gasteiger partial charge in [-0.3, -0.25) is 14.9 Å². The Balaban J connectivity index is 2.07. The molecule has 0 amide bonds. The van der Waals surface area contributed by atoms with E-state index >= 15 is 0 Å². The molecule has 2 rings (SSSR count). The molecule has 0 fully saturated rings. The van der Waals surface area contributed by atoms with Crippen molar-refractivity contribution in [2.45, 2.75) is 19.3 Å². The minimum absolute atomic E-state index is 0.0533. The second-order valence-corrected chi connectivity index (χ2v) is 6.58. The second kappa shape index (κ2) is 11.1. The lowest BCUT2D eigenvalue weighted by atomic mass is 10.2. The highest BCUT2D eigenvalue weighted by Gasteiger charge is 2.10. The summed E-state index contributed by atoms with van der Waals surface area (Å²) in [6.45, 7) is 1.22. The third-order valence-electron chi connectivity index (χ3n) is 4.03. The molecular formula is C19H21ClN4O5. The van der Waals surface area contributed by atoms with E-state index in [1.807, 2.05) is 17.0 Å². The summed E-state index contributed by atoms with van der Waals surface area (Å²) in [4.78, 5) is 22.9. The minimum atomic E-state index is -0.840. The van der Waals surface area contributed by atoms with E-state index in [4.69, 9.17) is 21.8 Å². The van der Waals surface area contributed by atoms with Gasteiger partial charge in [-0.15, -0.1) is 5.11 Å². The number of carbonyl (C=O) groups is 1. The summed E-state index contributed by atoms with van der Waals surface area (Å²) in [7, 11) is 0. The molecule has 0 aliphatic heterocycles. The third-order valence-corrected chi connectivity index (χ3v) is 4.34. The van der Waals surface area contributed by atoms with Crippen LogP contribution >= 0.6 is 11.6 Å². The highest BCUT2D eigenvalue weighted by molar-refractivity contribution is 6.33. The molecule has 0 aliphatic carbocycles. The fraction of sp³-hybridized carbons (Fsp3) is 0.316. The van der Waals surface area contributed by atoms with Crippen molar-refractivity contribution in [3.05, 3.63) is 57.6 Å². The van der Waals surface area contributed by atoms with Gasteiger partial charge in [0.1, 0.15) is 5.69 Å². The summed E-state index contributed by atoms with van der Waals surface area (Å²) < 4.78 is 0. The number of carboxylic acid groups (broad SMARTS) is 1. The van der Waals surface area contributed by atoms with Crippen LogP contribution in [0.25, 0.3) is 0 Å². The first-order valence-electron chi connectivity index (χ1n) is 8.94. The fourth-order valence-corrected chi connectivity index (χ4v) is 2.80. The van der Waals surface area contributed by atoms with Crippen molar-refractivity contribution in [3.8, 4) is 0 Å². The first-order valence-corrected chi connectivity index (χ1v) is 9.32. The number of benzene rings is 2. The first-order chi connectivity index (χ1) is 13.9. The smallest absolute Gasteiger partial charge is 0.303 e. The monoisotopic (exact) mass is 420 g/mol.